The van der Waals surface area contributed by atoms with Gasteiger partial charge in [-0.1, -0.05) is 29.3 Å². The molecule has 0 saturated carbocycles. The quantitative estimate of drug-likeness (QED) is 0.614. The number of hydrogen-bond acceptors (Lipinski definition) is 4. The van der Waals surface area contributed by atoms with Gasteiger partial charge in [-0.3, -0.25) is 0 Å². The first-order valence-electron chi connectivity index (χ1n) is 5.86. The van der Waals surface area contributed by atoms with Crippen molar-refractivity contribution >= 4 is 27.9 Å². The summed E-state index contributed by atoms with van der Waals surface area (Å²) in [6, 6.07) is 4.55. The van der Waals surface area contributed by atoms with Gasteiger partial charge in [-0.25, -0.2) is 9.59 Å². The molecule has 0 radical (unpaired) electrons. The van der Waals surface area contributed by atoms with E-state index < -0.39 is 11.9 Å². The van der Waals surface area contributed by atoms with E-state index in [1.165, 1.54) is 12.1 Å². The first-order chi connectivity index (χ1) is 9.04. The van der Waals surface area contributed by atoms with E-state index in [1.54, 1.807) is 6.07 Å². The number of carbonyl (C=O) groups excluding carboxylic acids is 1. The van der Waals surface area contributed by atoms with Crippen molar-refractivity contribution < 1.29 is 24.2 Å². The van der Waals surface area contributed by atoms with Crippen LogP contribution in [0.2, 0.25) is 0 Å². The SMILES string of the molecule is CCCCOC(=O)COc1ccc(Br)cc1C(=O)O. The number of halogens is 1. The van der Waals surface area contributed by atoms with Crippen molar-refractivity contribution in [1.29, 1.82) is 0 Å². The molecular formula is C13H15BrO5. The number of carboxylic acids is 1. The normalized spacial score (nSPS) is 10.0. The highest BCUT2D eigenvalue weighted by Gasteiger charge is 2.13. The van der Waals surface area contributed by atoms with E-state index in [2.05, 4.69) is 15.9 Å². The van der Waals surface area contributed by atoms with E-state index in [0.717, 1.165) is 12.8 Å². The number of hydrogen-bond donors (Lipinski definition) is 1. The van der Waals surface area contributed by atoms with Gasteiger partial charge in [0.1, 0.15) is 11.3 Å². The van der Waals surface area contributed by atoms with Gasteiger partial charge in [0, 0.05) is 4.47 Å². The average molecular weight is 331 g/mol. The largest absolute Gasteiger partial charge is 0.481 e. The predicted molar refractivity (Wildman–Crippen MR) is 72.5 cm³/mol. The minimum atomic E-state index is -1.12. The Hall–Kier alpha value is -1.56. The molecule has 0 aliphatic carbocycles. The van der Waals surface area contributed by atoms with E-state index in [1.807, 2.05) is 6.92 Å². The molecule has 6 heteroatoms. The molecule has 1 aromatic rings. The van der Waals surface area contributed by atoms with Gasteiger partial charge >= 0.3 is 11.9 Å². The Kier molecular flexibility index (Phi) is 6.35. The van der Waals surface area contributed by atoms with E-state index in [9.17, 15) is 9.59 Å². The van der Waals surface area contributed by atoms with E-state index in [4.69, 9.17) is 14.6 Å². The topological polar surface area (TPSA) is 72.8 Å². The van der Waals surface area contributed by atoms with Crippen LogP contribution in [-0.4, -0.2) is 30.3 Å². The average Bonchev–Trinajstić information content (AvgIpc) is 2.37. The second-order valence-electron chi connectivity index (χ2n) is 3.81. The van der Waals surface area contributed by atoms with Crippen LogP contribution in [0.25, 0.3) is 0 Å². The van der Waals surface area contributed by atoms with Crippen LogP contribution < -0.4 is 4.74 Å². The van der Waals surface area contributed by atoms with E-state index >= 15 is 0 Å². The van der Waals surface area contributed by atoms with E-state index in [-0.39, 0.29) is 17.9 Å². The molecule has 1 aromatic carbocycles. The molecule has 0 heterocycles. The molecule has 5 nitrogen and oxygen atoms in total. The van der Waals surface area contributed by atoms with Gasteiger partial charge in [0.2, 0.25) is 0 Å². The number of ether oxygens (including phenoxy) is 2. The fourth-order valence-corrected chi connectivity index (χ4v) is 1.66. The van der Waals surface area contributed by atoms with E-state index in [0.29, 0.717) is 11.1 Å². The number of carboxylic acid groups (broad SMARTS) is 1. The third-order valence-electron chi connectivity index (χ3n) is 2.28. The molecule has 1 N–H and O–H groups in total. The minimum Gasteiger partial charge on any atom is -0.481 e. The van der Waals surface area contributed by atoms with Gasteiger partial charge in [-0.15, -0.1) is 0 Å². The van der Waals surface area contributed by atoms with Crippen LogP contribution in [0.5, 0.6) is 5.75 Å². The molecule has 0 spiro atoms. The van der Waals surface area contributed by atoms with Crippen molar-refractivity contribution in [3.63, 3.8) is 0 Å². The smallest absolute Gasteiger partial charge is 0.344 e. The molecule has 1 rings (SSSR count). The summed E-state index contributed by atoms with van der Waals surface area (Å²) >= 11 is 3.18. The molecule has 0 amide bonds. The Balaban J connectivity index is 2.57. The zero-order chi connectivity index (χ0) is 14.3. The standard InChI is InChI=1S/C13H15BrO5/c1-2-3-6-18-12(15)8-19-11-5-4-9(14)7-10(11)13(16)17/h4-5,7H,2-3,6,8H2,1H3,(H,16,17). The van der Waals surface area contributed by atoms with Crippen molar-refractivity contribution in [2.45, 2.75) is 19.8 Å². The van der Waals surface area contributed by atoms with Gasteiger partial charge in [0.05, 0.1) is 6.61 Å². The zero-order valence-corrected chi connectivity index (χ0v) is 12.1. The second kappa shape index (κ2) is 7.78. The predicted octanol–water partition coefficient (Wildman–Crippen LogP) is 2.87. The number of unbranched alkanes of at least 4 members (excludes halogenated alkanes) is 1. The van der Waals surface area contributed by atoms with Crippen molar-refractivity contribution in [3.05, 3.63) is 28.2 Å². The molecule has 0 aliphatic rings. The number of carbonyl (C=O) groups is 2. The Morgan fingerprint density at radius 3 is 2.74 bits per heavy atom. The lowest BCUT2D eigenvalue weighted by molar-refractivity contribution is -0.146. The highest BCUT2D eigenvalue weighted by Crippen LogP contribution is 2.23. The van der Waals surface area contributed by atoms with Crippen LogP contribution in [0, 0.1) is 0 Å². The molecule has 0 unspecified atom stereocenters. The Morgan fingerprint density at radius 1 is 1.37 bits per heavy atom. The minimum absolute atomic E-state index is 0.00395. The molecule has 0 bridgehead atoms. The molecule has 0 aliphatic heterocycles. The molecule has 0 fully saturated rings. The number of benzene rings is 1. The molecule has 0 aromatic heterocycles. The van der Waals surface area contributed by atoms with Crippen LogP contribution in [-0.2, 0) is 9.53 Å². The molecular weight excluding hydrogens is 316 g/mol. The zero-order valence-electron chi connectivity index (χ0n) is 10.5. The fourth-order valence-electron chi connectivity index (χ4n) is 1.30. The fraction of sp³-hybridized carbons (Fsp3) is 0.385. The first kappa shape index (κ1) is 15.5. The molecule has 104 valence electrons. The maximum Gasteiger partial charge on any atom is 0.344 e. The van der Waals surface area contributed by atoms with Gasteiger partial charge in [0.15, 0.2) is 6.61 Å². The summed E-state index contributed by atoms with van der Waals surface area (Å²) in [6.45, 7) is 2.04. The Labute approximate surface area is 119 Å². The number of rotatable bonds is 7. The van der Waals surface area contributed by atoms with Crippen LogP contribution in [0.3, 0.4) is 0 Å². The summed E-state index contributed by atoms with van der Waals surface area (Å²) in [5.41, 5.74) is -0.00395. The van der Waals surface area contributed by atoms with Crippen molar-refractivity contribution in [3.8, 4) is 5.75 Å². The van der Waals surface area contributed by atoms with Crippen LogP contribution in [0.4, 0.5) is 0 Å². The lowest BCUT2D eigenvalue weighted by Crippen LogP contribution is -2.16. The maximum atomic E-state index is 11.3. The summed E-state index contributed by atoms with van der Waals surface area (Å²) in [5, 5.41) is 9.01. The summed E-state index contributed by atoms with van der Waals surface area (Å²) < 4.78 is 10.7. The first-order valence-corrected chi connectivity index (χ1v) is 6.65. The summed E-state index contributed by atoms with van der Waals surface area (Å²) in [7, 11) is 0. The maximum absolute atomic E-state index is 11.3. The third kappa shape index (κ3) is 5.30. The van der Waals surface area contributed by atoms with Crippen LogP contribution in [0.15, 0.2) is 22.7 Å². The number of esters is 1. The van der Waals surface area contributed by atoms with Crippen LogP contribution >= 0.6 is 15.9 Å². The Morgan fingerprint density at radius 2 is 2.11 bits per heavy atom. The van der Waals surface area contributed by atoms with Crippen LogP contribution in [0.1, 0.15) is 30.1 Å². The lowest BCUT2D eigenvalue weighted by Gasteiger charge is -2.09. The second-order valence-corrected chi connectivity index (χ2v) is 4.72. The molecule has 19 heavy (non-hydrogen) atoms. The third-order valence-corrected chi connectivity index (χ3v) is 2.77. The summed E-state index contributed by atoms with van der Waals surface area (Å²) in [6.07, 6.45) is 1.73. The molecule has 0 atom stereocenters. The molecule has 0 saturated heterocycles. The highest BCUT2D eigenvalue weighted by atomic mass is 79.9. The summed E-state index contributed by atoms with van der Waals surface area (Å²) in [4.78, 5) is 22.3. The number of aromatic carboxylic acids is 1. The van der Waals surface area contributed by atoms with Crippen molar-refractivity contribution in [1.82, 2.24) is 0 Å². The van der Waals surface area contributed by atoms with Crippen molar-refractivity contribution in [2.75, 3.05) is 13.2 Å². The highest BCUT2D eigenvalue weighted by molar-refractivity contribution is 9.10. The Bertz CT molecular complexity index is 458. The monoisotopic (exact) mass is 330 g/mol. The lowest BCUT2D eigenvalue weighted by atomic mass is 10.2. The summed E-state index contributed by atoms with van der Waals surface area (Å²) in [5.74, 6) is -1.48. The van der Waals surface area contributed by atoms with Gasteiger partial charge in [-0.2, -0.15) is 0 Å². The van der Waals surface area contributed by atoms with Gasteiger partial charge in [0.25, 0.3) is 0 Å². The van der Waals surface area contributed by atoms with Crippen molar-refractivity contribution in [2.24, 2.45) is 0 Å². The van der Waals surface area contributed by atoms with Gasteiger partial charge in [-0.05, 0) is 24.6 Å². The van der Waals surface area contributed by atoms with Gasteiger partial charge < -0.3 is 14.6 Å².